The first-order valence-electron chi connectivity index (χ1n) is 6.24. The summed E-state index contributed by atoms with van der Waals surface area (Å²) < 4.78 is 10.7. The molecule has 2 atom stereocenters. The number of nitrogens with two attached hydrogens (primary N) is 1. The second-order valence-electron chi connectivity index (χ2n) is 4.06. The molecule has 4 nitrogen and oxygen atoms in total. The van der Waals surface area contributed by atoms with Crippen LogP contribution in [0.3, 0.4) is 0 Å². The van der Waals surface area contributed by atoms with Crippen LogP contribution in [-0.2, 0) is 9.47 Å². The standard InChI is InChI=1S/C12H28N2O2/c1-5-11(3)14(7-8-15-4)10-12(9-13)16-6-2/h11-12H,5-10,13H2,1-4H3. The SMILES string of the molecule is CCOC(CN)CN(CCOC)C(C)CC. The number of methoxy groups -OCH3 is 1. The quantitative estimate of drug-likeness (QED) is 0.613. The predicted octanol–water partition coefficient (Wildman–Crippen LogP) is 1.10. The first kappa shape index (κ1) is 15.8. The number of rotatable bonds is 10. The lowest BCUT2D eigenvalue weighted by atomic mass is 10.2. The van der Waals surface area contributed by atoms with Crippen molar-refractivity contribution in [1.29, 1.82) is 0 Å². The van der Waals surface area contributed by atoms with Gasteiger partial charge < -0.3 is 15.2 Å². The molecule has 4 heteroatoms. The van der Waals surface area contributed by atoms with Crippen LogP contribution in [-0.4, -0.2) is 57.0 Å². The zero-order valence-corrected chi connectivity index (χ0v) is 11.2. The zero-order valence-electron chi connectivity index (χ0n) is 11.2. The van der Waals surface area contributed by atoms with Crippen molar-refractivity contribution in [2.24, 2.45) is 5.73 Å². The summed E-state index contributed by atoms with van der Waals surface area (Å²) in [5.41, 5.74) is 5.69. The summed E-state index contributed by atoms with van der Waals surface area (Å²) in [5, 5.41) is 0. The van der Waals surface area contributed by atoms with Gasteiger partial charge in [0, 0.05) is 39.4 Å². The van der Waals surface area contributed by atoms with Crippen molar-refractivity contribution in [3.63, 3.8) is 0 Å². The Labute approximate surface area is 100 Å². The maximum Gasteiger partial charge on any atom is 0.0823 e. The topological polar surface area (TPSA) is 47.7 Å². The molecule has 0 amide bonds. The van der Waals surface area contributed by atoms with Crippen LogP contribution in [0.4, 0.5) is 0 Å². The first-order valence-corrected chi connectivity index (χ1v) is 6.24. The van der Waals surface area contributed by atoms with Gasteiger partial charge in [0.1, 0.15) is 0 Å². The number of hydrogen-bond acceptors (Lipinski definition) is 4. The molecule has 0 saturated heterocycles. The highest BCUT2D eigenvalue weighted by Gasteiger charge is 2.16. The molecule has 0 fully saturated rings. The van der Waals surface area contributed by atoms with Gasteiger partial charge in [-0.3, -0.25) is 4.90 Å². The molecule has 0 heterocycles. The van der Waals surface area contributed by atoms with Crippen molar-refractivity contribution < 1.29 is 9.47 Å². The van der Waals surface area contributed by atoms with E-state index >= 15 is 0 Å². The summed E-state index contributed by atoms with van der Waals surface area (Å²) in [4.78, 5) is 2.39. The van der Waals surface area contributed by atoms with Crippen LogP contribution in [0.15, 0.2) is 0 Å². The minimum absolute atomic E-state index is 0.135. The Bertz CT molecular complexity index is 156. The molecular weight excluding hydrogens is 204 g/mol. The molecule has 2 unspecified atom stereocenters. The molecule has 0 aromatic rings. The summed E-state index contributed by atoms with van der Waals surface area (Å²) in [6, 6.07) is 0.546. The monoisotopic (exact) mass is 232 g/mol. The van der Waals surface area contributed by atoms with E-state index in [9.17, 15) is 0 Å². The van der Waals surface area contributed by atoms with Gasteiger partial charge in [-0.1, -0.05) is 6.92 Å². The number of nitrogens with zero attached hydrogens (tertiary/aromatic N) is 1. The van der Waals surface area contributed by atoms with Crippen molar-refractivity contribution in [1.82, 2.24) is 4.90 Å². The summed E-state index contributed by atoms with van der Waals surface area (Å²) in [6.45, 7) is 10.3. The fourth-order valence-electron chi connectivity index (χ4n) is 1.65. The highest BCUT2D eigenvalue weighted by Crippen LogP contribution is 2.05. The van der Waals surface area contributed by atoms with Crippen LogP contribution < -0.4 is 5.73 Å². The van der Waals surface area contributed by atoms with Crippen LogP contribution in [0.25, 0.3) is 0 Å². The highest BCUT2D eigenvalue weighted by molar-refractivity contribution is 4.71. The largest absolute Gasteiger partial charge is 0.383 e. The fourth-order valence-corrected chi connectivity index (χ4v) is 1.65. The Morgan fingerprint density at radius 3 is 2.44 bits per heavy atom. The summed E-state index contributed by atoms with van der Waals surface area (Å²) >= 11 is 0. The Morgan fingerprint density at radius 1 is 1.31 bits per heavy atom. The molecule has 16 heavy (non-hydrogen) atoms. The van der Waals surface area contributed by atoms with Crippen LogP contribution in [0, 0.1) is 0 Å². The van der Waals surface area contributed by atoms with Gasteiger partial charge in [-0.2, -0.15) is 0 Å². The van der Waals surface area contributed by atoms with Gasteiger partial charge in [0.15, 0.2) is 0 Å². The Morgan fingerprint density at radius 2 is 2.00 bits per heavy atom. The molecule has 0 radical (unpaired) electrons. The maximum atomic E-state index is 5.69. The van der Waals surface area contributed by atoms with E-state index in [2.05, 4.69) is 18.7 Å². The molecule has 0 aliphatic carbocycles. The van der Waals surface area contributed by atoms with E-state index < -0.39 is 0 Å². The molecule has 0 rings (SSSR count). The van der Waals surface area contributed by atoms with E-state index in [1.807, 2.05) is 6.92 Å². The van der Waals surface area contributed by atoms with Crippen molar-refractivity contribution in [2.45, 2.75) is 39.3 Å². The predicted molar refractivity (Wildman–Crippen MR) is 67.7 cm³/mol. The highest BCUT2D eigenvalue weighted by atomic mass is 16.5. The summed E-state index contributed by atoms with van der Waals surface area (Å²) in [7, 11) is 1.73. The number of hydrogen-bond donors (Lipinski definition) is 1. The first-order chi connectivity index (χ1) is 7.69. The van der Waals surface area contributed by atoms with Crippen molar-refractivity contribution in [3.05, 3.63) is 0 Å². The second-order valence-corrected chi connectivity index (χ2v) is 4.06. The van der Waals surface area contributed by atoms with Crippen molar-refractivity contribution in [3.8, 4) is 0 Å². The van der Waals surface area contributed by atoms with Crippen LogP contribution in [0.1, 0.15) is 27.2 Å². The molecule has 0 aromatic carbocycles. The molecule has 0 aliphatic heterocycles. The van der Waals surface area contributed by atoms with Crippen molar-refractivity contribution >= 4 is 0 Å². The van der Waals surface area contributed by atoms with Gasteiger partial charge in [-0.15, -0.1) is 0 Å². The Hall–Kier alpha value is -0.160. The van der Waals surface area contributed by atoms with E-state index in [1.54, 1.807) is 7.11 Å². The minimum Gasteiger partial charge on any atom is -0.383 e. The molecule has 0 spiro atoms. The molecule has 0 bridgehead atoms. The average molecular weight is 232 g/mol. The van der Waals surface area contributed by atoms with E-state index in [0.717, 1.165) is 32.7 Å². The third kappa shape index (κ3) is 6.43. The van der Waals surface area contributed by atoms with Gasteiger partial charge in [-0.25, -0.2) is 0 Å². The van der Waals surface area contributed by atoms with Gasteiger partial charge in [0.25, 0.3) is 0 Å². The summed E-state index contributed by atoms with van der Waals surface area (Å²) in [5.74, 6) is 0. The lowest BCUT2D eigenvalue weighted by molar-refractivity contribution is 0.0207. The van der Waals surface area contributed by atoms with E-state index in [1.165, 1.54) is 0 Å². The summed E-state index contributed by atoms with van der Waals surface area (Å²) in [6.07, 6.45) is 1.27. The van der Waals surface area contributed by atoms with Gasteiger partial charge in [-0.05, 0) is 20.3 Å². The van der Waals surface area contributed by atoms with Crippen LogP contribution in [0.5, 0.6) is 0 Å². The maximum absolute atomic E-state index is 5.69. The molecule has 0 aromatic heterocycles. The van der Waals surface area contributed by atoms with Gasteiger partial charge in [0.05, 0.1) is 12.7 Å². The lowest BCUT2D eigenvalue weighted by Crippen LogP contribution is -2.44. The Balaban J connectivity index is 4.15. The molecule has 0 saturated carbocycles. The second kappa shape index (κ2) is 10.0. The third-order valence-electron chi connectivity index (χ3n) is 2.90. The smallest absolute Gasteiger partial charge is 0.0823 e. The van der Waals surface area contributed by atoms with Gasteiger partial charge in [0.2, 0.25) is 0 Å². The normalized spacial score (nSPS) is 15.4. The minimum atomic E-state index is 0.135. The zero-order chi connectivity index (χ0) is 12.4. The number of ether oxygens (including phenoxy) is 2. The van der Waals surface area contributed by atoms with Crippen molar-refractivity contribution in [2.75, 3.05) is 40.0 Å². The average Bonchev–Trinajstić information content (AvgIpc) is 2.32. The molecule has 2 N–H and O–H groups in total. The molecule has 0 aliphatic rings. The third-order valence-corrected chi connectivity index (χ3v) is 2.90. The van der Waals surface area contributed by atoms with E-state index in [-0.39, 0.29) is 6.10 Å². The lowest BCUT2D eigenvalue weighted by Gasteiger charge is -2.31. The van der Waals surface area contributed by atoms with E-state index in [4.69, 9.17) is 15.2 Å². The Kier molecular flexibility index (Phi) is 9.92. The van der Waals surface area contributed by atoms with Crippen LogP contribution >= 0.6 is 0 Å². The fraction of sp³-hybridized carbons (Fsp3) is 1.00. The molecule has 98 valence electrons. The molecular formula is C12H28N2O2. The van der Waals surface area contributed by atoms with Gasteiger partial charge >= 0.3 is 0 Å². The van der Waals surface area contributed by atoms with E-state index in [0.29, 0.717) is 12.6 Å². The van der Waals surface area contributed by atoms with Crippen LogP contribution in [0.2, 0.25) is 0 Å².